The molecule has 0 aliphatic carbocycles. The third-order valence-electron chi connectivity index (χ3n) is 2.13. The van der Waals surface area contributed by atoms with Crippen molar-refractivity contribution in [1.29, 1.82) is 0 Å². The molecular formula is C11H15F3N2O3S. The molecule has 1 amide bonds. The largest absolute Gasteiger partial charge is 0.406 e. The van der Waals surface area contributed by atoms with Crippen LogP contribution in [0.5, 0.6) is 0 Å². The first-order valence-electron chi connectivity index (χ1n) is 5.69. The van der Waals surface area contributed by atoms with Crippen LogP contribution < -0.4 is 4.90 Å². The Balaban J connectivity index is 2.69. The lowest BCUT2D eigenvalue weighted by atomic mass is 10.5. The molecule has 0 spiro atoms. The molecule has 1 aromatic heterocycles. The Morgan fingerprint density at radius 2 is 2.15 bits per heavy atom. The lowest BCUT2D eigenvalue weighted by molar-refractivity contribution is -0.135. The number of methoxy groups -OCH3 is 1. The van der Waals surface area contributed by atoms with Gasteiger partial charge >= 0.3 is 6.18 Å². The first-order valence-corrected chi connectivity index (χ1v) is 6.57. The van der Waals surface area contributed by atoms with Gasteiger partial charge in [-0.05, 0) is 6.92 Å². The van der Waals surface area contributed by atoms with E-state index >= 15 is 0 Å². The number of anilines is 1. The Morgan fingerprint density at radius 3 is 2.65 bits per heavy atom. The molecule has 20 heavy (non-hydrogen) atoms. The highest BCUT2D eigenvalue weighted by Gasteiger charge is 2.35. The molecule has 0 aromatic carbocycles. The van der Waals surface area contributed by atoms with Crippen LogP contribution in [0.15, 0.2) is 5.38 Å². The van der Waals surface area contributed by atoms with E-state index in [4.69, 9.17) is 9.47 Å². The zero-order chi connectivity index (χ0) is 15.2. The van der Waals surface area contributed by atoms with Crippen molar-refractivity contribution in [3.8, 4) is 0 Å². The second-order valence-electron chi connectivity index (χ2n) is 3.91. The van der Waals surface area contributed by atoms with E-state index in [9.17, 15) is 18.0 Å². The molecule has 1 aromatic rings. The molecule has 9 heteroatoms. The predicted molar refractivity (Wildman–Crippen MR) is 68.0 cm³/mol. The van der Waals surface area contributed by atoms with Crippen LogP contribution in [0.4, 0.5) is 18.3 Å². The fraction of sp³-hybridized carbons (Fsp3) is 0.636. The van der Waals surface area contributed by atoms with Gasteiger partial charge < -0.3 is 9.47 Å². The normalized spacial score (nSPS) is 11.7. The fourth-order valence-corrected chi connectivity index (χ4v) is 2.11. The van der Waals surface area contributed by atoms with E-state index in [-0.39, 0.29) is 18.3 Å². The van der Waals surface area contributed by atoms with Gasteiger partial charge in [-0.25, -0.2) is 4.98 Å². The summed E-state index contributed by atoms with van der Waals surface area (Å²) < 4.78 is 47.2. The number of hydrogen-bond acceptors (Lipinski definition) is 5. The number of ether oxygens (including phenoxy) is 2. The van der Waals surface area contributed by atoms with E-state index in [2.05, 4.69) is 4.98 Å². The smallest absolute Gasteiger partial charge is 0.382 e. The van der Waals surface area contributed by atoms with Crippen LogP contribution in [-0.4, -0.2) is 50.5 Å². The molecule has 0 fully saturated rings. The Hall–Kier alpha value is -1.19. The van der Waals surface area contributed by atoms with Crippen molar-refractivity contribution in [2.45, 2.75) is 13.1 Å². The number of amides is 1. The lowest BCUT2D eigenvalue weighted by Crippen LogP contribution is -2.41. The number of aryl methyl sites for hydroxylation is 1. The molecule has 0 atom stereocenters. The second kappa shape index (κ2) is 7.55. The fourth-order valence-electron chi connectivity index (χ4n) is 1.29. The monoisotopic (exact) mass is 312 g/mol. The van der Waals surface area contributed by atoms with Gasteiger partial charge in [-0.3, -0.25) is 9.69 Å². The van der Waals surface area contributed by atoms with Crippen LogP contribution in [0.3, 0.4) is 0 Å². The quantitative estimate of drug-likeness (QED) is 0.723. The number of rotatable bonds is 7. The van der Waals surface area contributed by atoms with Crippen LogP contribution in [-0.2, 0) is 14.3 Å². The number of alkyl halides is 3. The second-order valence-corrected chi connectivity index (χ2v) is 4.75. The van der Waals surface area contributed by atoms with Gasteiger partial charge in [0.1, 0.15) is 13.2 Å². The maximum absolute atomic E-state index is 12.5. The highest BCUT2D eigenvalue weighted by Crippen LogP contribution is 2.25. The summed E-state index contributed by atoms with van der Waals surface area (Å²) in [6.45, 7) is 0.220. The van der Waals surface area contributed by atoms with Crippen molar-refractivity contribution in [3.05, 3.63) is 11.1 Å². The zero-order valence-corrected chi connectivity index (χ0v) is 11.9. The number of hydrogen-bond donors (Lipinski definition) is 0. The highest BCUT2D eigenvalue weighted by atomic mass is 32.1. The van der Waals surface area contributed by atoms with Crippen LogP contribution in [0.1, 0.15) is 5.69 Å². The lowest BCUT2D eigenvalue weighted by Gasteiger charge is -2.21. The van der Waals surface area contributed by atoms with E-state index in [1.165, 1.54) is 7.11 Å². The van der Waals surface area contributed by atoms with Crippen molar-refractivity contribution < 1.29 is 27.4 Å². The predicted octanol–water partition coefficient (Wildman–Crippen LogP) is 2.01. The first kappa shape index (κ1) is 16.9. The molecule has 114 valence electrons. The van der Waals surface area contributed by atoms with Crippen LogP contribution in [0.2, 0.25) is 0 Å². The molecule has 0 saturated heterocycles. The molecule has 0 aliphatic heterocycles. The Bertz CT molecular complexity index is 437. The van der Waals surface area contributed by atoms with E-state index in [1.54, 1.807) is 12.3 Å². The molecule has 0 N–H and O–H groups in total. The zero-order valence-electron chi connectivity index (χ0n) is 11.1. The van der Waals surface area contributed by atoms with E-state index < -0.39 is 25.2 Å². The van der Waals surface area contributed by atoms with Crippen molar-refractivity contribution in [2.24, 2.45) is 0 Å². The van der Waals surface area contributed by atoms with Gasteiger partial charge in [0.25, 0.3) is 5.91 Å². The summed E-state index contributed by atoms with van der Waals surface area (Å²) in [7, 11) is 1.46. The first-order chi connectivity index (χ1) is 9.33. The van der Waals surface area contributed by atoms with Gasteiger partial charge in [0.05, 0.1) is 18.9 Å². The summed E-state index contributed by atoms with van der Waals surface area (Å²) in [5.41, 5.74) is 0.560. The number of halogens is 3. The highest BCUT2D eigenvalue weighted by molar-refractivity contribution is 7.14. The number of carbonyl (C=O) groups excluding carboxylic acids is 1. The van der Waals surface area contributed by atoms with Gasteiger partial charge in [-0.2, -0.15) is 13.2 Å². The number of aromatic nitrogens is 1. The van der Waals surface area contributed by atoms with Gasteiger partial charge in [-0.15, -0.1) is 11.3 Å². The summed E-state index contributed by atoms with van der Waals surface area (Å²) >= 11 is 0.984. The summed E-state index contributed by atoms with van der Waals surface area (Å²) in [4.78, 5) is 16.3. The Kier molecular flexibility index (Phi) is 6.37. The van der Waals surface area contributed by atoms with Gasteiger partial charge in [0.2, 0.25) is 0 Å². The average Bonchev–Trinajstić information content (AvgIpc) is 2.77. The maximum Gasteiger partial charge on any atom is 0.406 e. The number of thiazole rings is 1. The van der Waals surface area contributed by atoms with Gasteiger partial charge in [0.15, 0.2) is 5.13 Å². The summed E-state index contributed by atoms with van der Waals surface area (Å²) in [6, 6.07) is 0. The summed E-state index contributed by atoms with van der Waals surface area (Å²) in [6.07, 6.45) is -4.50. The Morgan fingerprint density at radius 1 is 1.45 bits per heavy atom. The maximum atomic E-state index is 12.5. The molecular weight excluding hydrogens is 297 g/mol. The third-order valence-corrected chi connectivity index (χ3v) is 3.12. The SMILES string of the molecule is COCCOCC(=O)N(CC(F)(F)F)c1nc(C)cs1. The van der Waals surface area contributed by atoms with Crippen LogP contribution in [0, 0.1) is 6.92 Å². The summed E-state index contributed by atoms with van der Waals surface area (Å²) in [5, 5.41) is 1.60. The molecule has 0 unspecified atom stereocenters. The molecule has 0 aliphatic rings. The van der Waals surface area contributed by atoms with Gasteiger partial charge in [-0.1, -0.05) is 0 Å². The molecule has 0 bridgehead atoms. The minimum atomic E-state index is -4.50. The van der Waals surface area contributed by atoms with Crippen molar-refractivity contribution in [3.63, 3.8) is 0 Å². The summed E-state index contributed by atoms with van der Waals surface area (Å²) in [5.74, 6) is -0.784. The van der Waals surface area contributed by atoms with E-state index in [0.29, 0.717) is 10.6 Å². The third kappa shape index (κ3) is 5.85. The number of carbonyl (C=O) groups is 1. The van der Waals surface area contributed by atoms with Crippen LogP contribution >= 0.6 is 11.3 Å². The molecule has 0 radical (unpaired) electrons. The Labute approximate surface area is 118 Å². The van der Waals surface area contributed by atoms with Crippen LogP contribution in [0.25, 0.3) is 0 Å². The van der Waals surface area contributed by atoms with Crippen molar-refractivity contribution >= 4 is 22.4 Å². The molecule has 1 heterocycles. The topological polar surface area (TPSA) is 51.7 Å². The number of nitrogens with zero attached hydrogens (tertiary/aromatic N) is 2. The van der Waals surface area contributed by atoms with Crippen molar-refractivity contribution in [1.82, 2.24) is 4.98 Å². The average molecular weight is 312 g/mol. The molecule has 5 nitrogen and oxygen atoms in total. The van der Waals surface area contributed by atoms with Gasteiger partial charge in [0, 0.05) is 12.5 Å². The minimum absolute atomic E-state index is 0.0140. The minimum Gasteiger partial charge on any atom is -0.382 e. The van der Waals surface area contributed by atoms with E-state index in [1.807, 2.05) is 0 Å². The van der Waals surface area contributed by atoms with Crippen molar-refractivity contribution in [2.75, 3.05) is 38.4 Å². The standard InChI is InChI=1S/C11H15F3N2O3S/c1-8-6-20-10(15-8)16(7-11(12,13)14)9(17)5-19-4-3-18-2/h6H,3-5,7H2,1-2H3. The molecule has 0 saturated carbocycles. The molecule has 1 rings (SSSR count). The van der Waals surface area contributed by atoms with E-state index in [0.717, 1.165) is 11.3 Å².